The molecule has 1 aliphatic heterocycles. The number of piperazine rings is 1. The van der Waals surface area contributed by atoms with Crippen LogP contribution in [0.5, 0.6) is 5.75 Å². The van der Waals surface area contributed by atoms with Gasteiger partial charge in [0, 0.05) is 48.8 Å². The van der Waals surface area contributed by atoms with Crippen LogP contribution in [0.3, 0.4) is 0 Å². The van der Waals surface area contributed by atoms with E-state index in [0.29, 0.717) is 28.9 Å². The normalized spacial score (nSPS) is 15.1. The van der Waals surface area contributed by atoms with Crippen LogP contribution in [0.4, 0.5) is 0 Å². The van der Waals surface area contributed by atoms with Crippen molar-refractivity contribution in [1.82, 2.24) is 9.80 Å². The minimum absolute atomic E-state index is 0.0444. The molecule has 0 aromatic heterocycles. The number of hydrogen-bond acceptors (Lipinski definition) is 3. The summed E-state index contributed by atoms with van der Waals surface area (Å²) in [7, 11) is 0. The Labute approximate surface area is 168 Å². The average molecular weight is 414 g/mol. The summed E-state index contributed by atoms with van der Waals surface area (Å²) in [6.07, 6.45) is 0. The summed E-state index contributed by atoms with van der Waals surface area (Å²) >= 11 is 17.9. The number of nitrogens with zero attached hydrogens (tertiary/aromatic N) is 2. The van der Waals surface area contributed by atoms with Crippen molar-refractivity contribution in [1.29, 1.82) is 0 Å². The molecule has 2 aromatic carbocycles. The maximum atomic E-state index is 12.4. The molecular formula is C19H19Cl3N2O2. The Morgan fingerprint density at radius 1 is 0.923 bits per heavy atom. The molecule has 7 heteroatoms. The van der Waals surface area contributed by atoms with Gasteiger partial charge in [-0.25, -0.2) is 0 Å². The lowest BCUT2D eigenvalue weighted by molar-refractivity contribution is -0.135. The van der Waals surface area contributed by atoms with Gasteiger partial charge in [0.25, 0.3) is 5.91 Å². The van der Waals surface area contributed by atoms with Crippen molar-refractivity contribution in [3.8, 4) is 5.75 Å². The fraction of sp³-hybridized carbons (Fsp3) is 0.316. The molecule has 0 unspecified atom stereocenters. The van der Waals surface area contributed by atoms with Crippen LogP contribution in [0.15, 0.2) is 42.5 Å². The molecule has 0 saturated carbocycles. The zero-order chi connectivity index (χ0) is 18.5. The van der Waals surface area contributed by atoms with Crippen molar-refractivity contribution in [3.63, 3.8) is 0 Å². The van der Waals surface area contributed by atoms with E-state index in [1.54, 1.807) is 18.2 Å². The predicted molar refractivity (Wildman–Crippen MR) is 105 cm³/mol. The lowest BCUT2D eigenvalue weighted by Gasteiger charge is -2.34. The Hall–Kier alpha value is -1.46. The highest BCUT2D eigenvalue weighted by molar-refractivity contribution is 6.34. The minimum Gasteiger partial charge on any atom is -0.482 e. The molecule has 0 aliphatic carbocycles. The summed E-state index contributed by atoms with van der Waals surface area (Å²) in [5.74, 6) is 0.376. The van der Waals surface area contributed by atoms with Crippen LogP contribution in [0.25, 0.3) is 0 Å². The third kappa shape index (κ3) is 5.27. The van der Waals surface area contributed by atoms with E-state index in [-0.39, 0.29) is 12.5 Å². The maximum Gasteiger partial charge on any atom is 0.260 e. The molecule has 1 heterocycles. The summed E-state index contributed by atoms with van der Waals surface area (Å²) in [4.78, 5) is 16.5. The van der Waals surface area contributed by atoms with E-state index in [2.05, 4.69) is 4.90 Å². The van der Waals surface area contributed by atoms with Gasteiger partial charge in [-0.05, 0) is 29.8 Å². The lowest BCUT2D eigenvalue weighted by atomic mass is 10.2. The zero-order valence-corrected chi connectivity index (χ0v) is 16.4. The SMILES string of the molecule is O=C(COc1cc(Cl)ccc1Cl)N1CCN(Cc2ccc(Cl)cc2)CC1. The molecular weight excluding hydrogens is 395 g/mol. The molecule has 138 valence electrons. The second-order valence-corrected chi connectivity index (χ2v) is 7.43. The van der Waals surface area contributed by atoms with Crippen molar-refractivity contribution in [2.24, 2.45) is 0 Å². The summed E-state index contributed by atoms with van der Waals surface area (Å²) in [5.41, 5.74) is 1.22. The Kier molecular flexibility index (Phi) is 6.65. The highest BCUT2D eigenvalue weighted by Gasteiger charge is 2.21. The number of carbonyl (C=O) groups excluding carboxylic acids is 1. The van der Waals surface area contributed by atoms with Crippen molar-refractivity contribution in [3.05, 3.63) is 63.1 Å². The van der Waals surface area contributed by atoms with Crippen LogP contribution in [-0.4, -0.2) is 48.5 Å². The Balaban J connectivity index is 1.46. The summed E-state index contributed by atoms with van der Waals surface area (Å²) in [5, 5.41) is 1.70. The first-order chi connectivity index (χ1) is 12.5. The largest absolute Gasteiger partial charge is 0.482 e. The fourth-order valence-electron chi connectivity index (χ4n) is 2.82. The number of amides is 1. The van der Waals surface area contributed by atoms with Gasteiger partial charge < -0.3 is 9.64 Å². The minimum atomic E-state index is -0.0489. The van der Waals surface area contributed by atoms with Crippen molar-refractivity contribution in [2.45, 2.75) is 6.54 Å². The van der Waals surface area contributed by atoms with Crippen LogP contribution in [0, 0.1) is 0 Å². The third-order valence-electron chi connectivity index (χ3n) is 4.29. The molecule has 0 radical (unpaired) electrons. The highest BCUT2D eigenvalue weighted by Crippen LogP contribution is 2.27. The number of ether oxygens (including phenoxy) is 1. The van der Waals surface area contributed by atoms with Gasteiger partial charge in [-0.2, -0.15) is 0 Å². The van der Waals surface area contributed by atoms with E-state index in [9.17, 15) is 4.79 Å². The Morgan fingerprint density at radius 3 is 2.27 bits per heavy atom. The summed E-state index contributed by atoms with van der Waals surface area (Å²) < 4.78 is 5.53. The van der Waals surface area contributed by atoms with E-state index in [0.717, 1.165) is 24.7 Å². The van der Waals surface area contributed by atoms with Gasteiger partial charge in [0.15, 0.2) is 6.61 Å². The number of benzene rings is 2. The van der Waals surface area contributed by atoms with Crippen LogP contribution in [0.2, 0.25) is 15.1 Å². The van der Waals surface area contributed by atoms with Gasteiger partial charge in [-0.1, -0.05) is 46.9 Å². The van der Waals surface area contributed by atoms with Gasteiger partial charge in [0.1, 0.15) is 5.75 Å². The molecule has 0 atom stereocenters. The molecule has 1 amide bonds. The first-order valence-corrected chi connectivity index (χ1v) is 9.47. The highest BCUT2D eigenvalue weighted by atomic mass is 35.5. The second kappa shape index (κ2) is 8.96. The molecule has 1 fully saturated rings. The molecule has 0 N–H and O–H groups in total. The first-order valence-electron chi connectivity index (χ1n) is 8.34. The zero-order valence-electron chi connectivity index (χ0n) is 14.1. The van der Waals surface area contributed by atoms with Gasteiger partial charge in [0.2, 0.25) is 0 Å². The van der Waals surface area contributed by atoms with Gasteiger partial charge >= 0.3 is 0 Å². The van der Waals surface area contributed by atoms with Crippen LogP contribution in [0.1, 0.15) is 5.56 Å². The summed E-state index contributed by atoms with van der Waals surface area (Å²) in [6, 6.07) is 12.8. The quantitative estimate of drug-likeness (QED) is 0.730. The fourth-order valence-corrected chi connectivity index (χ4v) is 3.28. The Bertz CT molecular complexity index is 760. The topological polar surface area (TPSA) is 32.8 Å². The van der Waals surface area contributed by atoms with E-state index < -0.39 is 0 Å². The standard InChI is InChI=1S/C19H19Cl3N2O2/c20-15-3-1-14(2-4-15)12-23-7-9-24(10-8-23)19(25)13-26-18-11-16(21)5-6-17(18)22/h1-6,11H,7-10,12-13H2. The van der Waals surface area contributed by atoms with Gasteiger partial charge in [-0.3, -0.25) is 9.69 Å². The molecule has 1 aliphatic rings. The van der Waals surface area contributed by atoms with E-state index in [1.807, 2.05) is 29.2 Å². The van der Waals surface area contributed by atoms with E-state index in [1.165, 1.54) is 5.56 Å². The van der Waals surface area contributed by atoms with Crippen molar-refractivity contribution in [2.75, 3.05) is 32.8 Å². The molecule has 0 spiro atoms. The third-order valence-corrected chi connectivity index (χ3v) is 5.09. The van der Waals surface area contributed by atoms with E-state index >= 15 is 0 Å². The molecule has 0 bridgehead atoms. The second-order valence-electron chi connectivity index (χ2n) is 6.15. The summed E-state index contributed by atoms with van der Waals surface area (Å²) in [6.45, 7) is 3.82. The van der Waals surface area contributed by atoms with E-state index in [4.69, 9.17) is 39.5 Å². The average Bonchev–Trinajstić information content (AvgIpc) is 2.65. The van der Waals surface area contributed by atoms with Crippen molar-refractivity contribution >= 4 is 40.7 Å². The Morgan fingerprint density at radius 2 is 1.58 bits per heavy atom. The lowest BCUT2D eigenvalue weighted by Crippen LogP contribution is -2.49. The van der Waals surface area contributed by atoms with Crippen molar-refractivity contribution < 1.29 is 9.53 Å². The molecule has 26 heavy (non-hydrogen) atoms. The number of carbonyl (C=O) groups is 1. The smallest absolute Gasteiger partial charge is 0.260 e. The first kappa shape index (κ1) is 19.3. The maximum absolute atomic E-state index is 12.4. The number of halogens is 3. The predicted octanol–water partition coefficient (Wildman–Crippen LogP) is 4.37. The molecule has 2 aromatic rings. The monoisotopic (exact) mass is 412 g/mol. The number of hydrogen-bond donors (Lipinski definition) is 0. The van der Waals surface area contributed by atoms with Gasteiger partial charge in [0.05, 0.1) is 5.02 Å². The van der Waals surface area contributed by atoms with Crippen LogP contribution >= 0.6 is 34.8 Å². The van der Waals surface area contributed by atoms with Gasteiger partial charge in [-0.15, -0.1) is 0 Å². The van der Waals surface area contributed by atoms with Crippen LogP contribution < -0.4 is 4.74 Å². The number of rotatable bonds is 5. The van der Waals surface area contributed by atoms with Crippen LogP contribution in [-0.2, 0) is 11.3 Å². The molecule has 3 rings (SSSR count). The molecule has 4 nitrogen and oxygen atoms in total. The molecule has 1 saturated heterocycles.